The zero-order chi connectivity index (χ0) is 10.1. The number of rotatable bonds is 2. The molecule has 0 aliphatic heterocycles. The summed E-state index contributed by atoms with van der Waals surface area (Å²) in [7, 11) is 0. The quantitative estimate of drug-likeness (QED) is 0.910. The van der Waals surface area contributed by atoms with Crippen LogP contribution in [-0.2, 0) is 0 Å². The van der Waals surface area contributed by atoms with Gasteiger partial charge in [0.2, 0.25) is 0 Å². The van der Waals surface area contributed by atoms with Crippen molar-refractivity contribution in [3.8, 4) is 11.4 Å². The molecule has 0 radical (unpaired) electrons. The SMILES string of the molecule is CC(C)c1nc(-c2csc(Br)c2)n[nH]1. The van der Waals surface area contributed by atoms with Gasteiger partial charge in [0.15, 0.2) is 5.82 Å². The summed E-state index contributed by atoms with van der Waals surface area (Å²) in [5.74, 6) is 2.09. The Kier molecular flexibility index (Phi) is 2.69. The summed E-state index contributed by atoms with van der Waals surface area (Å²) in [6.45, 7) is 4.18. The Morgan fingerprint density at radius 2 is 2.29 bits per heavy atom. The molecule has 0 amide bonds. The van der Waals surface area contributed by atoms with Crippen LogP contribution < -0.4 is 0 Å². The minimum atomic E-state index is 0.387. The average molecular weight is 272 g/mol. The van der Waals surface area contributed by atoms with Crippen molar-refractivity contribution in [3.63, 3.8) is 0 Å². The smallest absolute Gasteiger partial charge is 0.182 e. The number of nitrogens with one attached hydrogen (secondary N) is 1. The Bertz CT molecular complexity index is 433. The second-order valence-electron chi connectivity index (χ2n) is 3.34. The number of H-pyrrole nitrogens is 1. The Labute approximate surface area is 94.7 Å². The van der Waals surface area contributed by atoms with Crippen LogP contribution >= 0.6 is 27.3 Å². The van der Waals surface area contributed by atoms with Gasteiger partial charge in [0.05, 0.1) is 3.79 Å². The monoisotopic (exact) mass is 271 g/mol. The number of hydrogen-bond donors (Lipinski definition) is 1. The van der Waals surface area contributed by atoms with Gasteiger partial charge in [-0.25, -0.2) is 4.98 Å². The zero-order valence-corrected chi connectivity index (χ0v) is 10.3. The van der Waals surface area contributed by atoms with Crippen molar-refractivity contribution < 1.29 is 0 Å². The molecule has 0 saturated heterocycles. The molecule has 0 saturated carbocycles. The third-order valence-corrected chi connectivity index (χ3v) is 3.38. The van der Waals surface area contributed by atoms with Crippen LogP contribution in [-0.4, -0.2) is 15.2 Å². The van der Waals surface area contributed by atoms with E-state index in [4.69, 9.17) is 0 Å². The van der Waals surface area contributed by atoms with E-state index in [0.29, 0.717) is 5.92 Å². The van der Waals surface area contributed by atoms with Gasteiger partial charge in [0.1, 0.15) is 5.82 Å². The first-order chi connectivity index (χ1) is 6.66. The van der Waals surface area contributed by atoms with Crippen LogP contribution in [0.5, 0.6) is 0 Å². The third-order valence-electron chi connectivity index (χ3n) is 1.88. The van der Waals surface area contributed by atoms with Crippen LogP contribution in [0.25, 0.3) is 11.4 Å². The van der Waals surface area contributed by atoms with E-state index in [0.717, 1.165) is 21.0 Å². The van der Waals surface area contributed by atoms with Crippen molar-refractivity contribution in [2.24, 2.45) is 0 Å². The molecule has 0 aliphatic carbocycles. The minimum absolute atomic E-state index is 0.387. The van der Waals surface area contributed by atoms with Crippen LogP contribution in [0.2, 0.25) is 0 Å². The molecule has 0 fully saturated rings. The fraction of sp³-hybridized carbons (Fsp3) is 0.333. The van der Waals surface area contributed by atoms with Gasteiger partial charge in [-0.2, -0.15) is 5.10 Å². The number of nitrogens with zero attached hydrogens (tertiary/aromatic N) is 2. The maximum absolute atomic E-state index is 4.41. The molecule has 2 aromatic rings. The van der Waals surface area contributed by atoms with Crippen LogP contribution in [0.15, 0.2) is 15.2 Å². The first-order valence-electron chi connectivity index (χ1n) is 4.33. The lowest BCUT2D eigenvalue weighted by Crippen LogP contribution is -1.89. The van der Waals surface area contributed by atoms with Crippen LogP contribution in [0, 0.1) is 0 Å². The third kappa shape index (κ3) is 1.88. The van der Waals surface area contributed by atoms with Gasteiger partial charge >= 0.3 is 0 Å². The number of thiophene rings is 1. The summed E-state index contributed by atoms with van der Waals surface area (Å²) in [5, 5.41) is 9.15. The zero-order valence-electron chi connectivity index (χ0n) is 7.91. The van der Waals surface area contributed by atoms with E-state index < -0.39 is 0 Å². The molecular weight excluding hydrogens is 262 g/mol. The summed E-state index contributed by atoms with van der Waals surface area (Å²) in [6.07, 6.45) is 0. The fourth-order valence-electron chi connectivity index (χ4n) is 1.09. The van der Waals surface area contributed by atoms with Crippen LogP contribution in [0.1, 0.15) is 25.6 Å². The van der Waals surface area contributed by atoms with E-state index in [2.05, 4.69) is 45.0 Å². The van der Waals surface area contributed by atoms with Gasteiger partial charge in [-0.1, -0.05) is 13.8 Å². The highest BCUT2D eigenvalue weighted by molar-refractivity contribution is 9.11. The van der Waals surface area contributed by atoms with Gasteiger partial charge < -0.3 is 0 Å². The lowest BCUT2D eigenvalue weighted by atomic mass is 10.2. The van der Waals surface area contributed by atoms with Crippen molar-refractivity contribution in [3.05, 3.63) is 21.1 Å². The molecule has 0 spiro atoms. The number of halogens is 1. The predicted octanol–water partition coefficient (Wildman–Crippen LogP) is 3.42. The van der Waals surface area contributed by atoms with E-state index in [1.165, 1.54) is 0 Å². The van der Waals surface area contributed by atoms with Crippen LogP contribution in [0.3, 0.4) is 0 Å². The van der Waals surface area contributed by atoms with Gasteiger partial charge in [0.25, 0.3) is 0 Å². The molecule has 14 heavy (non-hydrogen) atoms. The largest absolute Gasteiger partial charge is 0.262 e. The lowest BCUT2D eigenvalue weighted by molar-refractivity contribution is 0.781. The summed E-state index contributed by atoms with van der Waals surface area (Å²) < 4.78 is 1.10. The van der Waals surface area contributed by atoms with Crippen molar-refractivity contribution in [2.75, 3.05) is 0 Å². The molecule has 74 valence electrons. The molecule has 0 aliphatic rings. The van der Waals surface area contributed by atoms with Gasteiger partial charge in [0, 0.05) is 16.9 Å². The summed E-state index contributed by atoms with van der Waals surface area (Å²) in [5.41, 5.74) is 1.06. The molecule has 2 heterocycles. The topological polar surface area (TPSA) is 41.6 Å². The second-order valence-corrected chi connectivity index (χ2v) is 5.63. The maximum atomic E-state index is 4.41. The number of aromatic amines is 1. The molecule has 1 N–H and O–H groups in total. The van der Waals surface area contributed by atoms with Gasteiger partial charge in [-0.05, 0) is 22.0 Å². The first-order valence-corrected chi connectivity index (χ1v) is 6.01. The lowest BCUT2D eigenvalue weighted by Gasteiger charge is -1.94. The van der Waals surface area contributed by atoms with Crippen LogP contribution in [0.4, 0.5) is 0 Å². The normalized spacial score (nSPS) is 11.1. The van der Waals surface area contributed by atoms with Crippen molar-refractivity contribution in [2.45, 2.75) is 19.8 Å². The Morgan fingerprint density at radius 1 is 1.50 bits per heavy atom. The molecule has 0 aromatic carbocycles. The fourth-order valence-corrected chi connectivity index (χ4v) is 2.22. The summed E-state index contributed by atoms with van der Waals surface area (Å²) in [6, 6.07) is 2.03. The number of aromatic nitrogens is 3. The molecule has 2 aromatic heterocycles. The standard InChI is InChI=1S/C9H10BrN3S/c1-5(2)8-11-9(13-12-8)6-3-7(10)14-4-6/h3-5H,1-2H3,(H,11,12,13). The molecular formula is C9H10BrN3S. The molecule has 3 nitrogen and oxygen atoms in total. The average Bonchev–Trinajstić information content (AvgIpc) is 2.70. The van der Waals surface area contributed by atoms with Crippen molar-refractivity contribution in [1.82, 2.24) is 15.2 Å². The number of hydrogen-bond acceptors (Lipinski definition) is 3. The Balaban J connectivity index is 2.33. The highest BCUT2D eigenvalue weighted by Crippen LogP contribution is 2.27. The Morgan fingerprint density at radius 3 is 2.79 bits per heavy atom. The molecule has 0 atom stereocenters. The van der Waals surface area contributed by atoms with E-state index in [1.54, 1.807) is 11.3 Å². The minimum Gasteiger partial charge on any atom is -0.262 e. The molecule has 2 rings (SSSR count). The van der Waals surface area contributed by atoms with Crippen molar-refractivity contribution in [1.29, 1.82) is 0 Å². The molecule has 5 heteroatoms. The predicted molar refractivity (Wildman–Crippen MR) is 61.5 cm³/mol. The van der Waals surface area contributed by atoms with E-state index in [9.17, 15) is 0 Å². The highest BCUT2D eigenvalue weighted by Gasteiger charge is 2.09. The van der Waals surface area contributed by atoms with Gasteiger partial charge in [-0.15, -0.1) is 11.3 Å². The molecule has 0 unspecified atom stereocenters. The van der Waals surface area contributed by atoms with Gasteiger partial charge in [-0.3, -0.25) is 5.10 Å². The molecule has 0 bridgehead atoms. The Hall–Kier alpha value is -0.680. The summed E-state index contributed by atoms with van der Waals surface area (Å²) >= 11 is 5.06. The maximum Gasteiger partial charge on any atom is 0.182 e. The van der Waals surface area contributed by atoms with E-state index in [1.807, 2.05) is 11.4 Å². The van der Waals surface area contributed by atoms with Crippen molar-refractivity contribution >= 4 is 27.3 Å². The van der Waals surface area contributed by atoms with E-state index in [-0.39, 0.29) is 0 Å². The van der Waals surface area contributed by atoms with E-state index >= 15 is 0 Å². The summed E-state index contributed by atoms with van der Waals surface area (Å²) in [4.78, 5) is 4.41. The first kappa shape index (κ1) is 9.86. The highest BCUT2D eigenvalue weighted by atomic mass is 79.9. The second kappa shape index (κ2) is 3.82.